The summed E-state index contributed by atoms with van der Waals surface area (Å²) in [5, 5.41) is 1.83. The number of hydrogen-bond acceptors (Lipinski definition) is 4. The van der Waals surface area contributed by atoms with Gasteiger partial charge in [-0.05, 0) is 42.5 Å². The van der Waals surface area contributed by atoms with Crippen molar-refractivity contribution in [1.82, 2.24) is 4.98 Å². The average Bonchev–Trinajstić information content (AvgIpc) is 2.97. The normalized spacial score (nSPS) is 11.7. The van der Waals surface area contributed by atoms with E-state index in [0.717, 1.165) is 15.2 Å². The Balaban J connectivity index is 1.77. The third kappa shape index (κ3) is 2.67. The quantitative estimate of drug-likeness (QED) is 0.502. The molecule has 0 N–H and O–H groups in total. The van der Waals surface area contributed by atoms with Crippen LogP contribution in [0.4, 0.5) is 0 Å². The Morgan fingerprint density at radius 3 is 2.87 bits per heavy atom. The van der Waals surface area contributed by atoms with Crippen molar-refractivity contribution in [3.63, 3.8) is 0 Å². The van der Waals surface area contributed by atoms with Crippen LogP contribution < -0.4 is 5.43 Å². The maximum atomic E-state index is 12.5. The second-order valence-corrected chi connectivity index (χ2v) is 6.51. The van der Waals surface area contributed by atoms with Crippen molar-refractivity contribution in [1.29, 1.82) is 0 Å². The number of para-hydroxylation sites is 1. The number of nitrogens with zero attached hydrogens (tertiary/aromatic N) is 1. The molecular weight excluding hydrogens is 330 g/mol. The monoisotopic (exact) mass is 339 g/mol. The lowest BCUT2D eigenvalue weighted by atomic mass is 10.1. The minimum absolute atomic E-state index is 0.105. The topological polar surface area (TPSA) is 43.1 Å². The van der Waals surface area contributed by atoms with E-state index in [2.05, 4.69) is 4.98 Å². The van der Waals surface area contributed by atoms with E-state index in [1.54, 1.807) is 35.6 Å². The molecule has 0 aliphatic heterocycles. The predicted octanol–water partition coefficient (Wildman–Crippen LogP) is 5.23. The highest BCUT2D eigenvalue weighted by molar-refractivity contribution is 7.19. The molecule has 0 fully saturated rings. The Labute approximate surface area is 140 Å². The fourth-order valence-corrected chi connectivity index (χ4v) is 3.40. The third-order valence-electron chi connectivity index (χ3n) is 3.48. The highest BCUT2D eigenvalue weighted by Gasteiger charge is 2.06. The molecule has 4 aromatic rings. The molecule has 112 valence electrons. The molecule has 23 heavy (non-hydrogen) atoms. The predicted molar refractivity (Wildman–Crippen MR) is 96.0 cm³/mol. The van der Waals surface area contributed by atoms with Crippen LogP contribution in [0.3, 0.4) is 0 Å². The summed E-state index contributed by atoms with van der Waals surface area (Å²) in [7, 11) is 0. The first-order valence-corrected chi connectivity index (χ1v) is 8.15. The van der Waals surface area contributed by atoms with E-state index < -0.39 is 0 Å². The van der Waals surface area contributed by atoms with Crippen molar-refractivity contribution in [2.75, 3.05) is 0 Å². The molecule has 0 aliphatic carbocycles. The summed E-state index contributed by atoms with van der Waals surface area (Å²) in [6.07, 6.45) is 5.01. The lowest BCUT2D eigenvalue weighted by Crippen LogP contribution is -2.04. The maximum absolute atomic E-state index is 12.5. The Bertz CT molecular complexity index is 1080. The molecule has 0 radical (unpaired) electrons. The number of aromatic nitrogens is 1. The number of halogens is 1. The summed E-state index contributed by atoms with van der Waals surface area (Å²) in [6, 6.07) is 12.9. The SMILES string of the molecule is O=c1c(/C=C/c2nc3ccccc3s2)coc2ccc(Cl)cc12. The highest BCUT2D eigenvalue weighted by Crippen LogP contribution is 2.23. The maximum Gasteiger partial charge on any atom is 0.199 e. The van der Waals surface area contributed by atoms with E-state index in [1.807, 2.05) is 30.3 Å². The fourth-order valence-electron chi connectivity index (χ4n) is 2.36. The second-order valence-electron chi connectivity index (χ2n) is 5.01. The van der Waals surface area contributed by atoms with Crippen molar-refractivity contribution in [2.45, 2.75) is 0 Å². The van der Waals surface area contributed by atoms with Crippen LogP contribution in [-0.4, -0.2) is 4.98 Å². The van der Waals surface area contributed by atoms with Crippen molar-refractivity contribution < 1.29 is 4.42 Å². The molecule has 0 aliphatic rings. The van der Waals surface area contributed by atoms with Crippen LogP contribution >= 0.6 is 22.9 Å². The smallest absolute Gasteiger partial charge is 0.199 e. The largest absolute Gasteiger partial charge is 0.463 e. The molecule has 2 aromatic heterocycles. The van der Waals surface area contributed by atoms with Crippen LogP contribution in [0, 0.1) is 0 Å². The molecule has 0 saturated carbocycles. The molecular formula is C18H10ClNO2S. The van der Waals surface area contributed by atoms with Gasteiger partial charge < -0.3 is 4.42 Å². The van der Waals surface area contributed by atoms with E-state index in [4.69, 9.17) is 16.0 Å². The van der Waals surface area contributed by atoms with Gasteiger partial charge in [0.05, 0.1) is 21.2 Å². The lowest BCUT2D eigenvalue weighted by Gasteiger charge is -1.98. The minimum Gasteiger partial charge on any atom is -0.463 e. The van der Waals surface area contributed by atoms with Gasteiger partial charge in [-0.2, -0.15) is 0 Å². The summed E-state index contributed by atoms with van der Waals surface area (Å²) in [5.74, 6) is 0. The zero-order valence-electron chi connectivity index (χ0n) is 11.8. The minimum atomic E-state index is -0.105. The van der Waals surface area contributed by atoms with Gasteiger partial charge in [-0.1, -0.05) is 23.7 Å². The van der Waals surface area contributed by atoms with Crippen molar-refractivity contribution >= 4 is 56.3 Å². The molecule has 4 rings (SSSR count). The summed E-state index contributed by atoms with van der Waals surface area (Å²) < 4.78 is 6.61. The van der Waals surface area contributed by atoms with Crippen molar-refractivity contribution in [3.05, 3.63) is 74.5 Å². The molecule has 0 spiro atoms. The first-order chi connectivity index (χ1) is 11.2. The van der Waals surface area contributed by atoms with Crippen LogP contribution in [0.15, 0.2) is 57.9 Å². The number of hydrogen-bond donors (Lipinski definition) is 0. The van der Waals surface area contributed by atoms with Crippen LogP contribution in [0.5, 0.6) is 0 Å². The van der Waals surface area contributed by atoms with E-state index in [9.17, 15) is 4.79 Å². The lowest BCUT2D eigenvalue weighted by molar-refractivity contribution is 0.601. The van der Waals surface area contributed by atoms with Gasteiger partial charge in [0.15, 0.2) is 5.43 Å². The van der Waals surface area contributed by atoms with E-state index in [0.29, 0.717) is 21.6 Å². The Hall–Kier alpha value is -2.43. The van der Waals surface area contributed by atoms with Gasteiger partial charge in [-0.25, -0.2) is 4.98 Å². The van der Waals surface area contributed by atoms with E-state index >= 15 is 0 Å². The summed E-state index contributed by atoms with van der Waals surface area (Å²) in [4.78, 5) is 17.0. The van der Waals surface area contributed by atoms with Gasteiger partial charge in [-0.15, -0.1) is 11.3 Å². The number of thiazole rings is 1. The average molecular weight is 340 g/mol. The van der Waals surface area contributed by atoms with Gasteiger partial charge in [0.2, 0.25) is 0 Å². The Morgan fingerprint density at radius 2 is 2.00 bits per heavy atom. The van der Waals surface area contributed by atoms with E-state index in [-0.39, 0.29) is 5.43 Å². The van der Waals surface area contributed by atoms with Gasteiger partial charge in [0, 0.05) is 5.02 Å². The summed E-state index contributed by atoms with van der Waals surface area (Å²) >= 11 is 7.53. The Kier molecular flexibility index (Phi) is 3.48. The highest BCUT2D eigenvalue weighted by atomic mass is 35.5. The molecule has 0 saturated heterocycles. The molecule has 0 amide bonds. The van der Waals surface area contributed by atoms with Crippen molar-refractivity contribution in [3.8, 4) is 0 Å². The van der Waals surface area contributed by atoms with Gasteiger partial charge >= 0.3 is 0 Å². The third-order valence-corrected chi connectivity index (χ3v) is 4.71. The van der Waals surface area contributed by atoms with E-state index in [1.165, 1.54) is 6.26 Å². The molecule has 2 aromatic carbocycles. The van der Waals surface area contributed by atoms with Crippen LogP contribution in [0.25, 0.3) is 33.3 Å². The zero-order chi connectivity index (χ0) is 15.8. The number of benzene rings is 2. The number of fused-ring (bicyclic) bond motifs is 2. The second kappa shape index (κ2) is 5.65. The van der Waals surface area contributed by atoms with Crippen LogP contribution in [-0.2, 0) is 0 Å². The fraction of sp³-hybridized carbons (Fsp3) is 0. The van der Waals surface area contributed by atoms with Crippen molar-refractivity contribution in [2.24, 2.45) is 0 Å². The molecule has 2 heterocycles. The zero-order valence-corrected chi connectivity index (χ0v) is 13.4. The molecule has 0 bridgehead atoms. The molecule has 0 atom stereocenters. The van der Waals surface area contributed by atoms with Gasteiger partial charge in [-0.3, -0.25) is 4.79 Å². The summed E-state index contributed by atoms with van der Waals surface area (Å²) in [5.41, 5.74) is 1.84. The van der Waals surface area contributed by atoms with Crippen LogP contribution in [0.2, 0.25) is 5.02 Å². The summed E-state index contributed by atoms with van der Waals surface area (Å²) in [6.45, 7) is 0. The molecule has 3 nitrogen and oxygen atoms in total. The molecule has 0 unspecified atom stereocenters. The molecule has 5 heteroatoms. The first-order valence-electron chi connectivity index (χ1n) is 6.95. The van der Waals surface area contributed by atoms with Gasteiger partial charge in [0.1, 0.15) is 16.9 Å². The number of rotatable bonds is 2. The first kappa shape index (κ1) is 14.2. The van der Waals surface area contributed by atoms with Crippen LogP contribution in [0.1, 0.15) is 10.6 Å². The van der Waals surface area contributed by atoms with Gasteiger partial charge in [0.25, 0.3) is 0 Å². The standard InChI is InChI=1S/C18H10ClNO2S/c19-12-6-7-15-13(9-12)18(21)11(10-22-15)5-8-17-20-14-3-1-2-4-16(14)23-17/h1-10H/b8-5+. The Morgan fingerprint density at radius 1 is 1.13 bits per heavy atom.